The third-order valence-electron chi connectivity index (χ3n) is 2.20. The van der Waals surface area contributed by atoms with Crippen LogP contribution in [0.5, 0.6) is 11.6 Å². The summed E-state index contributed by atoms with van der Waals surface area (Å²) in [6.07, 6.45) is 0. The second kappa shape index (κ2) is 5.66. The van der Waals surface area contributed by atoms with Gasteiger partial charge in [0.05, 0.1) is 5.02 Å². The Morgan fingerprint density at radius 2 is 1.83 bits per heavy atom. The van der Waals surface area contributed by atoms with Gasteiger partial charge in [-0.05, 0) is 36.8 Å². The Bertz CT molecular complexity index is 604. The molecule has 0 N–H and O–H groups in total. The third kappa shape index (κ3) is 3.09. The number of hydrogen-bond acceptors (Lipinski definition) is 2. The molecule has 1 heterocycles. The molecule has 0 bridgehead atoms. The van der Waals surface area contributed by atoms with Gasteiger partial charge in [0, 0.05) is 4.47 Å². The van der Waals surface area contributed by atoms with E-state index in [1.54, 1.807) is 6.07 Å². The topological polar surface area (TPSA) is 22.1 Å². The largest absolute Gasteiger partial charge is 0.437 e. The molecule has 0 saturated heterocycles. The molecule has 0 unspecified atom stereocenters. The predicted molar refractivity (Wildman–Crippen MR) is 78.2 cm³/mol. The van der Waals surface area contributed by atoms with Crippen molar-refractivity contribution in [3.05, 3.63) is 49.5 Å². The quantitative estimate of drug-likeness (QED) is 0.616. The van der Waals surface area contributed by atoms with Crippen LogP contribution in [0, 0.1) is 6.92 Å². The second-order valence-corrected chi connectivity index (χ2v) is 5.59. The summed E-state index contributed by atoms with van der Waals surface area (Å²) in [5.74, 6) is 0.858. The van der Waals surface area contributed by atoms with E-state index in [-0.39, 0.29) is 11.0 Å². The third-order valence-corrected chi connectivity index (χ3v) is 4.03. The number of rotatable bonds is 2. The van der Waals surface area contributed by atoms with Crippen LogP contribution >= 0.6 is 50.7 Å². The minimum Gasteiger partial charge on any atom is -0.437 e. The zero-order valence-electron chi connectivity index (χ0n) is 9.18. The maximum atomic E-state index is 5.98. The first-order valence-corrected chi connectivity index (χ1v) is 6.85. The Kier molecular flexibility index (Phi) is 4.38. The lowest BCUT2D eigenvalue weighted by atomic mass is 10.2. The SMILES string of the molecule is Cc1cc(Oc2nc(Cl)c(Cl)cc2Cl)ccc1Br. The molecule has 18 heavy (non-hydrogen) atoms. The van der Waals surface area contributed by atoms with Crippen LogP contribution in [-0.4, -0.2) is 4.98 Å². The predicted octanol–water partition coefficient (Wildman–Crippen LogP) is 5.91. The number of pyridine rings is 1. The summed E-state index contributed by atoms with van der Waals surface area (Å²) in [7, 11) is 0. The average molecular weight is 367 g/mol. The molecule has 2 nitrogen and oxygen atoms in total. The Balaban J connectivity index is 2.34. The van der Waals surface area contributed by atoms with Crippen LogP contribution < -0.4 is 4.74 Å². The molecule has 0 aliphatic heterocycles. The summed E-state index contributed by atoms with van der Waals surface area (Å²) in [5, 5.41) is 0.760. The summed E-state index contributed by atoms with van der Waals surface area (Å²) in [6, 6.07) is 7.05. The molecule has 0 amide bonds. The minimum absolute atomic E-state index is 0.157. The van der Waals surface area contributed by atoms with Crippen molar-refractivity contribution in [2.45, 2.75) is 6.92 Å². The van der Waals surface area contributed by atoms with Gasteiger partial charge in [-0.1, -0.05) is 50.7 Å². The minimum atomic E-state index is 0.157. The van der Waals surface area contributed by atoms with Gasteiger partial charge in [-0.15, -0.1) is 0 Å². The average Bonchev–Trinajstić information content (AvgIpc) is 2.31. The van der Waals surface area contributed by atoms with Gasteiger partial charge in [0.1, 0.15) is 10.8 Å². The molecule has 0 aliphatic carbocycles. The zero-order valence-corrected chi connectivity index (χ0v) is 13.0. The molecule has 2 aromatic rings. The van der Waals surface area contributed by atoms with E-state index in [0.717, 1.165) is 10.0 Å². The van der Waals surface area contributed by atoms with Gasteiger partial charge in [-0.2, -0.15) is 4.98 Å². The zero-order chi connectivity index (χ0) is 13.3. The standard InChI is InChI=1S/C12H7BrCl3NO/c1-6-4-7(2-3-8(6)13)18-12-10(15)5-9(14)11(16)17-12/h2-5H,1H3. The number of halogens is 4. The lowest BCUT2D eigenvalue weighted by molar-refractivity contribution is 0.463. The Morgan fingerprint density at radius 3 is 2.50 bits per heavy atom. The van der Waals surface area contributed by atoms with E-state index in [1.807, 2.05) is 19.1 Å². The van der Waals surface area contributed by atoms with Gasteiger partial charge < -0.3 is 4.74 Å². The van der Waals surface area contributed by atoms with Gasteiger partial charge >= 0.3 is 0 Å². The highest BCUT2D eigenvalue weighted by atomic mass is 79.9. The molecule has 0 radical (unpaired) electrons. The van der Waals surface area contributed by atoms with E-state index in [0.29, 0.717) is 15.8 Å². The number of nitrogens with zero attached hydrogens (tertiary/aromatic N) is 1. The fourth-order valence-electron chi connectivity index (χ4n) is 1.29. The molecule has 0 saturated carbocycles. The Labute approximate surface area is 128 Å². The molecule has 0 fully saturated rings. The van der Waals surface area contributed by atoms with E-state index in [2.05, 4.69) is 20.9 Å². The molecule has 6 heteroatoms. The number of benzene rings is 1. The Morgan fingerprint density at radius 1 is 1.11 bits per heavy atom. The molecule has 0 spiro atoms. The monoisotopic (exact) mass is 365 g/mol. The van der Waals surface area contributed by atoms with Crippen molar-refractivity contribution in [1.82, 2.24) is 4.98 Å². The van der Waals surface area contributed by atoms with E-state index in [9.17, 15) is 0 Å². The normalized spacial score (nSPS) is 10.5. The first-order chi connectivity index (χ1) is 8.47. The van der Waals surface area contributed by atoms with Crippen molar-refractivity contribution >= 4 is 50.7 Å². The van der Waals surface area contributed by atoms with Crippen LogP contribution in [-0.2, 0) is 0 Å². The number of aromatic nitrogens is 1. The maximum Gasteiger partial charge on any atom is 0.239 e. The van der Waals surface area contributed by atoms with Crippen molar-refractivity contribution < 1.29 is 4.74 Å². The van der Waals surface area contributed by atoms with Gasteiger partial charge in [-0.3, -0.25) is 0 Å². The first-order valence-electron chi connectivity index (χ1n) is 4.93. The maximum absolute atomic E-state index is 5.98. The molecule has 1 aromatic heterocycles. The fraction of sp³-hybridized carbons (Fsp3) is 0.0833. The van der Waals surface area contributed by atoms with Crippen LogP contribution in [0.15, 0.2) is 28.7 Å². The highest BCUT2D eigenvalue weighted by Gasteiger charge is 2.10. The molecule has 0 atom stereocenters. The van der Waals surface area contributed by atoms with Gasteiger partial charge in [0.2, 0.25) is 5.88 Å². The van der Waals surface area contributed by atoms with Crippen LogP contribution in [0.3, 0.4) is 0 Å². The lowest BCUT2D eigenvalue weighted by Gasteiger charge is -2.08. The summed E-state index contributed by atoms with van der Waals surface area (Å²) in [6.45, 7) is 1.96. The first kappa shape index (κ1) is 13.9. The number of ether oxygens (including phenoxy) is 1. The van der Waals surface area contributed by atoms with Crippen molar-refractivity contribution in [2.24, 2.45) is 0 Å². The van der Waals surface area contributed by atoms with Crippen LogP contribution in [0.2, 0.25) is 15.2 Å². The molecule has 94 valence electrons. The molecular formula is C12H7BrCl3NO. The number of aryl methyl sites for hydroxylation is 1. The summed E-state index contributed by atoms with van der Waals surface area (Å²) >= 11 is 21.0. The van der Waals surface area contributed by atoms with E-state index in [4.69, 9.17) is 39.5 Å². The van der Waals surface area contributed by atoms with Crippen molar-refractivity contribution in [1.29, 1.82) is 0 Å². The fourth-order valence-corrected chi connectivity index (χ4v) is 2.07. The highest BCUT2D eigenvalue weighted by molar-refractivity contribution is 9.10. The van der Waals surface area contributed by atoms with Crippen LogP contribution in [0.25, 0.3) is 0 Å². The summed E-state index contributed by atoms with van der Waals surface area (Å²) in [5.41, 5.74) is 1.05. The van der Waals surface area contributed by atoms with Crippen molar-refractivity contribution in [2.75, 3.05) is 0 Å². The molecule has 0 aliphatic rings. The highest BCUT2D eigenvalue weighted by Crippen LogP contribution is 2.34. The van der Waals surface area contributed by atoms with Gasteiger partial charge in [-0.25, -0.2) is 0 Å². The van der Waals surface area contributed by atoms with E-state index >= 15 is 0 Å². The summed E-state index contributed by atoms with van der Waals surface area (Å²) in [4.78, 5) is 3.99. The smallest absolute Gasteiger partial charge is 0.239 e. The lowest BCUT2D eigenvalue weighted by Crippen LogP contribution is -1.91. The summed E-state index contributed by atoms with van der Waals surface area (Å²) < 4.78 is 6.58. The van der Waals surface area contributed by atoms with E-state index < -0.39 is 0 Å². The molecule has 2 rings (SSSR count). The number of hydrogen-bond donors (Lipinski definition) is 0. The molecule has 1 aromatic carbocycles. The van der Waals surface area contributed by atoms with Gasteiger partial charge in [0.15, 0.2) is 5.15 Å². The van der Waals surface area contributed by atoms with E-state index in [1.165, 1.54) is 6.07 Å². The second-order valence-electron chi connectivity index (χ2n) is 3.56. The van der Waals surface area contributed by atoms with Crippen molar-refractivity contribution in [3.8, 4) is 11.6 Å². The van der Waals surface area contributed by atoms with Crippen LogP contribution in [0.4, 0.5) is 0 Å². The van der Waals surface area contributed by atoms with Crippen LogP contribution in [0.1, 0.15) is 5.56 Å². The Hall–Kier alpha value is -0.480. The van der Waals surface area contributed by atoms with Gasteiger partial charge in [0.25, 0.3) is 0 Å². The van der Waals surface area contributed by atoms with Crippen molar-refractivity contribution in [3.63, 3.8) is 0 Å². The molecular weight excluding hydrogens is 360 g/mol.